The van der Waals surface area contributed by atoms with Crippen molar-refractivity contribution in [1.29, 1.82) is 0 Å². The van der Waals surface area contributed by atoms with Gasteiger partial charge < -0.3 is 5.11 Å². The van der Waals surface area contributed by atoms with E-state index < -0.39 is 5.97 Å². The number of halogens is 1. The van der Waals surface area contributed by atoms with Crippen LogP contribution in [0.4, 0.5) is 0 Å². The molecule has 1 aromatic rings. The number of amides is 1. The predicted octanol–water partition coefficient (Wildman–Crippen LogP) is 4.44. The van der Waals surface area contributed by atoms with E-state index in [4.69, 9.17) is 17.3 Å². The fourth-order valence-electron chi connectivity index (χ4n) is 2.43. The maximum Gasteiger partial charge on any atom is 0.303 e. The van der Waals surface area contributed by atoms with Gasteiger partial charge in [0.25, 0.3) is 0 Å². The van der Waals surface area contributed by atoms with Gasteiger partial charge in [-0.1, -0.05) is 44.8 Å². The summed E-state index contributed by atoms with van der Waals surface area (Å²) in [6.45, 7) is 6.89. The van der Waals surface area contributed by atoms with Gasteiger partial charge in [-0.25, -0.2) is 0 Å². The van der Waals surface area contributed by atoms with Crippen LogP contribution in [-0.4, -0.2) is 38.0 Å². The number of carbonyl (C=O) groups excluding carboxylic acids is 1. The Morgan fingerprint density at radius 2 is 2.12 bits per heavy atom. The average Bonchev–Trinajstić information content (AvgIpc) is 2.93. The number of hydrogen-bond acceptors (Lipinski definition) is 5. The lowest BCUT2D eigenvalue weighted by atomic mass is 9.95. The Morgan fingerprint density at radius 3 is 2.67 bits per heavy atom. The Labute approximate surface area is 164 Å². The minimum Gasteiger partial charge on any atom is -0.481 e. The standard InChI is InChI=1S/C16H20BrNO3S3/c1-16(2,3)13-10(17)7-9(23-13)8-11-14(21)18(15(22)24-11)6-4-5-12(19)20/h7,11H,4-6,8H2,1-3H3,(H,19,20). The number of carboxylic acid groups (broad SMARTS) is 1. The highest BCUT2D eigenvalue weighted by Gasteiger charge is 2.37. The zero-order valence-corrected chi connectivity index (χ0v) is 17.8. The van der Waals surface area contributed by atoms with E-state index in [9.17, 15) is 9.59 Å². The molecular weight excluding hydrogens is 430 g/mol. The van der Waals surface area contributed by atoms with Crippen molar-refractivity contribution in [1.82, 2.24) is 4.90 Å². The zero-order chi connectivity index (χ0) is 18.1. The van der Waals surface area contributed by atoms with E-state index in [1.54, 1.807) is 16.2 Å². The van der Waals surface area contributed by atoms with Crippen LogP contribution in [0.3, 0.4) is 0 Å². The molecule has 1 atom stereocenters. The molecule has 8 heteroatoms. The smallest absolute Gasteiger partial charge is 0.303 e. The molecule has 1 N–H and O–H groups in total. The lowest BCUT2D eigenvalue weighted by Gasteiger charge is -2.16. The third kappa shape index (κ3) is 4.80. The fraction of sp³-hybridized carbons (Fsp3) is 0.562. The predicted molar refractivity (Wildman–Crippen MR) is 107 cm³/mol. The van der Waals surface area contributed by atoms with Crippen LogP contribution in [0.25, 0.3) is 0 Å². The SMILES string of the molecule is CC(C)(C)c1sc(CC2SC(=S)N(CCCC(=O)O)C2=O)cc1Br. The Hall–Kier alpha value is -0.440. The zero-order valence-electron chi connectivity index (χ0n) is 13.8. The van der Waals surface area contributed by atoms with E-state index in [1.807, 2.05) is 0 Å². The lowest BCUT2D eigenvalue weighted by molar-refractivity contribution is -0.137. The monoisotopic (exact) mass is 449 g/mol. The number of thiophene rings is 1. The third-order valence-corrected chi connectivity index (χ3v) is 7.64. The molecule has 0 bridgehead atoms. The first kappa shape index (κ1) is 19.9. The number of aliphatic carboxylic acids is 1. The van der Waals surface area contributed by atoms with E-state index >= 15 is 0 Å². The maximum absolute atomic E-state index is 12.5. The molecule has 1 aromatic heterocycles. The van der Waals surface area contributed by atoms with Gasteiger partial charge in [0, 0.05) is 33.6 Å². The van der Waals surface area contributed by atoms with Crippen molar-refractivity contribution in [3.63, 3.8) is 0 Å². The molecule has 1 fully saturated rings. The van der Waals surface area contributed by atoms with Gasteiger partial charge in [0.2, 0.25) is 5.91 Å². The molecule has 1 amide bonds. The van der Waals surface area contributed by atoms with E-state index in [2.05, 4.69) is 42.8 Å². The van der Waals surface area contributed by atoms with E-state index in [1.165, 1.54) is 16.6 Å². The summed E-state index contributed by atoms with van der Waals surface area (Å²) in [6.07, 6.45) is 1.13. The molecule has 24 heavy (non-hydrogen) atoms. The Bertz CT molecular complexity index is 666. The van der Waals surface area contributed by atoms with Crippen molar-refractivity contribution in [2.45, 2.75) is 50.7 Å². The number of nitrogens with zero attached hydrogens (tertiary/aromatic N) is 1. The van der Waals surface area contributed by atoms with Crippen molar-refractivity contribution < 1.29 is 14.7 Å². The first-order valence-corrected chi connectivity index (χ1v) is 10.5. The summed E-state index contributed by atoms with van der Waals surface area (Å²) < 4.78 is 1.65. The normalized spacial score (nSPS) is 18.5. The summed E-state index contributed by atoms with van der Waals surface area (Å²) in [5, 5.41) is 8.51. The van der Waals surface area contributed by atoms with Gasteiger partial charge in [-0.15, -0.1) is 11.3 Å². The molecule has 4 nitrogen and oxygen atoms in total. The molecule has 0 aromatic carbocycles. The van der Waals surface area contributed by atoms with E-state index in [0.29, 0.717) is 23.7 Å². The van der Waals surface area contributed by atoms with Gasteiger partial charge in [-0.3, -0.25) is 14.5 Å². The minimum absolute atomic E-state index is 0.00257. The minimum atomic E-state index is -0.852. The van der Waals surface area contributed by atoms with E-state index in [0.717, 1.165) is 9.35 Å². The van der Waals surface area contributed by atoms with Gasteiger partial charge >= 0.3 is 5.97 Å². The number of thioether (sulfide) groups is 1. The Kier molecular flexibility index (Phi) is 6.50. The summed E-state index contributed by atoms with van der Waals surface area (Å²) in [6, 6.07) is 2.09. The second-order valence-electron chi connectivity index (χ2n) is 6.70. The van der Waals surface area contributed by atoms with Crippen molar-refractivity contribution in [3.8, 4) is 0 Å². The topological polar surface area (TPSA) is 57.6 Å². The van der Waals surface area contributed by atoms with Crippen LogP contribution in [0.5, 0.6) is 0 Å². The second-order valence-corrected chi connectivity index (χ2v) is 10.5. The molecule has 2 rings (SSSR count). The summed E-state index contributed by atoms with van der Waals surface area (Å²) in [4.78, 5) is 27.1. The van der Waals surface area contributed by atoms with Crippen LogP contribution in [-0.2, 0) is 21.4 Å². The van der Waals surface area contributed by atoms with Crippen LogP contribution in [0, 0.1) is 0 Å². The van der Waals surface area contributed by atoms with Crippen LogP contribution in [0.1, 0.15) is 43.4 Å². The molecule has 0 aliphatic carbocycles. The highest BCUT2D eigenvalue weighted by atomic mass is 79.9. The first-order valence-electron chi connectivity index (χ1n) is 7.62. The average molecular weight is 450 g/mol. The summed E-state index contributed by atoms with van der Waals surface area (Å²) >= 11 is 12.0. The number of hydrogen-bond donors (Lipinski definition) is 1. The first-order chi connectivity index (χ1) is 11.1. The number of rotatable bonds is 6. The highest BCUT2D eigenvalue weighted by molar-refractivity contribution is 9.10. The van der Waals surface area contributed by atoms with Gasteiger partial charge in [0.15, 0.2) is 0 Å². The molecule has 1 unspecified atom stereocenters. The molecule has 1 aliphatic heterocycles. The van der Waals surface area contributed by atoms with Gasteiger partial charge in [-0.2, -0.15) is 0 Å². The molecule has 132 valence electrons. The summed E-state index contributed by atoms with van der Waals surface area (Å²) in [5.74, 6) is -0.855. The fourth-order valence-corrected chi connectivity index (χ4v) is 6.52. The van der Waals surface area contributed by atoms with Crippen LogP contribution < -0.4 is 0 Å². The maximum atomic E-state index is 12.5. The molecular formula is C16H20BrNO3S3. The number of thiocarbonyl (C=S) groups is 1. The molecule has 2 heterocycles. The third-order valence-electron chi connectivity index (χ3n) is 3.58. The molecule has 1 saturated heterocycles. The van der Waals surface area contributed by atoms with Crippen LogP contribution in [0.15, 0.2) is 10.5 Å². The molecule has 0 radical (unpaired) electrons. The van der Waals surface area contributed by atoms with Crippen molar-refractivity contribution >= 4 is 67.4 Å². The highest BCUT2D eigenvalue weighted by Crippen LogP contribution is 2.39. The van der Waals surface area contributed by atoms with Crippen LogP contribution in [0.2, 0.25) is 0 Å². The molecule has 0 spiro atoms. The molecule has 0 saturated carbocycles. The Balaban J connectivity index is 2.02. The van der Waals surface area contributed by atoms with Gasteiger partial charge in [-0.05, 0) is 33.8 Å². The van der Waals surface area contributed by atoms with Crippen molar-refractivity contribution in [3.05, 3.63) is 20.3 Å². The van der Waals surface area contributed by atoms with Crippen molar-refractivity contribution in [2.24, 2.45) is 0 Å². The summed E-state index contributed by atoms with van der Waals surface area (Å²) in [5.41, 5.74) is 0.0622. The van der Waals surface area contributed by atoms with Gasteiger partial charge in [0.05, 0.1) is 5.25 Å². The van der Waals surface area contributed by atoms with Crippen LogP contribution >= 0.6 is 51.2 Å². The summed E-state index contributed by atoms with van der Waals surface area (Å²) in [7, 11) is 0. The lowest BCUT2D eigenvalue weighted by Crippen LogP contribution is -2.33. The largest absolute Gasteiger partial charge is 0.481 e. The number of carbonyl (C=O) groups is 2. The second kappa shape index (κ2) is 7.85. The Morgan fingerprint density at radius 1 is 1.46 bits per heavy atom. The number of carboxylic acids is 1. The van der Waals surface area contributed by atoms with E-state index in [-0.39, 0.29) is 23.0 Å². The molecule has 1 aliphatic rings. The van der Waals surface area contributed by atoms with Gasteiger partial charge in [0.1, 0.15) is 4.32 Å². The quantitative estimate of drug-likeness (QED) is 0.650. The van der Waals surface area contributed by atoms with Crippen molar-refractivity contribution in [2.75, 3.05) is 6.54 Å².